The second-order valence-corrected chi connectivity index (χ2v) is 11.2. The first-order valence-corrected chi connectivity index (χ1v) is 13.1. The molecule has 186 valence electrons. The molecule has 0 saturated carbocycles. The van der Waals surface area contributed by atoms with Gasteiger partial charge in [0.25, 0.3) is 0 Å². The molecule has 0 aliphatic heterocycles. The van der Waals surface area contributed by atoms with Crippen LogP contribution in [0.25, 0.3) is 20.7 Å². The van der Waals surface area contributed by atoms with E-state index in [1.54, 1.807) is 0 Å². The molecule has 0 radical (unpaired) electrons. The summed E-state index contributed by atoms with van der Waals surface area (Å²) in [6.07, 6.45) is -4.68. The van der Waals surface area contributed by atoms with Crippen LogP contribution in [-0.4, -0.2) is 26.6 Å². The van der Waals surface area contributed by atoms with Gasteiger partial charge in [0.05, 0.1) is 17.7 Å². The summed E-state index contributed by atoms with van der Waals surface area (Å²) in [5, 5.41) is 9.05. The van der Waals surface area contributed by atoms with Crippen molar-refractivity contribution in [2.24, 2.45) is 5.73 Å². The molecule has 2 aromatic heterocycles. The van der Waals surface area contributed by atoms with Crippen LogP contribution in [0.15, 0.2) is 48.5 Å². The van der Waals surface area contributed by atoms with Gasteiger partial charge < -0.3 is 20.3 Å². The minimum absolute atomic E-state index is 0.0180. The highest BCUT2D eigenvalue weighted by Crippen LogP contribution is 2.41. The third kappa shape index (κ3) is 6.25. The van der Waals surface area contributed by atoms with Gasteiger partial charge in [-0.25, -0.2) is 4.57 Å². The van der Waals surface area contributed by atoms with Crippen LogP contribution in [0.5, 0.6) is 5.75 Å². The molecule has 0 spiro atoms. The van der Waals surface area contributed by atoms with Crippen molar-refractivity contribution in [3.8, 4) is 16.3 Å². The number of hydrogen-bond donors (Lipinski definition) is 3. The van der Waals surface area contributed by atoms with Gasteiger partial charge in [-0.3, -0.25) is 4.52 Å². The summed E-state index contributed by atoms with van der Waals surface area (Å²) in [6, 6.07) is 13.1. The van der Waals surface area contributed by atoms with E-state index in [9.17, 15) is 17.7 Å². The highest BCUT2D eigenvalue weighted by Gasteiger charge is 2.36. The molecule has 0 unspecified atom stereocenters. The van der Waals surface area contributed by atoms with Gasteiger partial charge in [0, 0.05) is 15.1 Å². The Kier molecular flexibility index (Phi) is 7.04. The van der Waals surface area contributed by atoms with E-state index < -0.39 is 31.7 Å². The van der Waals surface area contributed by atoms with Crippen molar-refractivity contribution in [1.82, 2.24) is 10.2 Å². The lowest BCUT2D eigenvalue weighted by Crippen LogP contribution is -2.37. The van der Waals surface area contributed by atoms with Crippen molar-refractivity contribution in [2.45, 2.75) is 25.2 Å². The second kappa shape index (κ2) is 9.58. The molecule has 0 saturated heterocycles. The standard InChI is InChI=1S/C21H19F3N3O5PS2/c1-20(25,11-32-33(28,29)30)19-27-26-18(35-19)13-6-7-16(15(9-13)21(22,23)24)31-10-14-8-12-4-2-3-5-17(12)34-14/h2-9H,10-11,25H2,1H3,(H2,28,29,30)/t20-/m0/s1. The van der Waals surface area contributed by atoms with Crippen molar-refractivity contribution in [1.29, 1.82) is 0 Å². The lowest BCUT2D eigenvalue weighted by molar-refractivity contribution is -0.139. The molecule has 4 N–H and O–H groups in total. The summed E-state index contributed by atoms with van der Waals surface area (Å²) in [7, 11) is -4.76. The van der Waals surface area contributed by atoms with Crippen LogP contribution in [-0.2, 0) is 27.4 Å². The number of nitrogens with two attached hydrogens (primary N) is 1. The van der Waals surface area contributed by atoms with E-state index >= 15 is 0 Å². The Hall–Kier alpha value is -2.38. The normalized spacial score (nSPS) is 14.3. The number of hydrogen-bond acceptors (Lipinski definition) is 8. The van der Waals surface area contributed by atoms with Gasteiger partial charge in [-0.05, 0) is 42.6 Å². The molecule has 0 amide bonds. The van der Waals surface area contributed by atoms with Crippen LogP contribution in [0.2, 0.25) is 0 Å². The minimum Gasteiger partial charge on any atom is -0.487 e. The molecule has 2 heterocycles. The Bertz CT molecular complexity index is 1370. The first-order valence-electron chi connectivity index (χ1n) is 9.97. The van der Waals surface area contributed by atoms with Crippen LogP contribution in [0.3, 0.4) is 0 Å². The van der Waals surface area contributed by atoms with Crippen molar-refractivity contribution >= 4 is 40.6 Å². The third-order valence-electron chi connectivity index (χ3n) is 4.82. The summed E-state index contributed by atoms with van der Waals surface area (Å²) in [4.78, 5) is 18.5. The number of thiophene rings is 1. The molecule has 0 bridgehead atoms. The predicted octanol–water partition coefficient (Wildman–Crippen LogP) is 5.30. The maximum atomic E-state index is 13.8. The third-order valence-corrected chi connectivity index (χ3v) is 7.63. The Labute approximate surface area is 205 Å². The van der Waals surface area contributed by atoms with Gasteiger partial charge in [-0.1, -0.05) is 29.5 Å². The molecule has 0 aliphatic rings. The summed E-state index contributed by atoms with van der Waals surface area (Å²) >= 11 is 2.34. The van der Waals surface area contributed by atoms with Gasteiger partial charge in [0.1, 0.15) is 22.4 Å². The molecular weight excluding hydrogens is 526 g/mol. The lowest BCUT2D eigenvalue weighted by Gasteiger charge is -2.21. The smallest absolute Gasteiger partial charge is 0.469 e. The number of phosphoric ester groups is 1. The summed E-state index contributed by atoms with van der Waals surface area (Å²) in [6.45, 7) is 0.832. The number of halogens is 3. The average molecular weight is 546 g/mol. The second-order valence-electron chi connectivity index (χ2n) is 7.84. The number of ether oxygens (including phenoxy) is 1. The van der Waals surface area contributed by atoms with Gasteiger partial charge >= 0.3 is 14.0 Å². The van der Waals surface area contributed by atoms with Crippen molar-refractivity contribution in [3.05, 3.63) is 64.0 Å². The van der Waals surface area contributed by atoms with Crippen molar-refractivity contribution < 1.29 is 36.8 Å². The van der Waals surface area contributed by atoms with Crippen molar-refractivity contribution in [2.75, 3.05) is 6.61 Å². The molecule has 4 rings (SSSR count). The number of aromatic nitrogens is 2. The number of alkyl halides is 3. The van der Waals surface area contributed by atoms with Crippen LogP contribution in [0.4, 0.5) is 13.2 Å². The maximum Gasteiger partial charge on any atom is 0.469 e. The van der Waals surface area contributed by atoms with E-state index in [1.807, 2.05) is 30.3 Å². The average Bonchev–Trinajstić information content (AvgIpc) is 3.43. The zero-order valence-corrected chi connectivity index (χ0v) is 20.5. The number of rotatable bonds is 8. The molecule has 35 heavy (non-hydrogen) atoms. The van der Waals surface area contributed by atoms with Crippen LogP contribution < -0.4 is 10.5 Å². The number of benzene rings is 2. The Balaban J connectivity index is 1.57. The van der Waals surface area contributed by atoms with Gasteiger partial charge in [0.15, 0.2) is 0 Å². The number of phosphoric acid groups is 1. The summed E-state index contributed by atoms with van der Waals surface area (Å²) in [5.41, 5.74) is 3.78. The fraction of sp³-hybridized carbons (Fsp3) is 0.238. The van der Waals surface area contributed by atoms with E-state index in [4.69, 9.17) is 20.3 Å². The molecule has 1 atom stereocenters. The Morgan fingerprint density at radius 2 is 1.83 bits per heavy atom. The summed E-state index contributed by atoms with van der Waals surface area (Å²) in [5.74, 6) is -0.317. The molecule has 4 aromatic rings. The zero-order valence-electron chi connectivity index (χ0n) is 18.0. The highest BCUT2D eigenvalue weighted by atomic mass is 32.1. The molecule has 14 heteroatoms. The monoisotopic (exact) mass is 545 g/mol. The summed E-state index contributed by atoms with van der Waals surface area (Å²) < 4.78 is 63.4. The van der Waals surface area contributed by atoms with Crippen LogP contribution in [0, 0.1) is 0 Å². The first kappa shape index (κ1) is 25.7. The fourth-order valence-electron chi connectivity index (χ4n) is 3.12. The van der Waals surface area contributed by atoms with E-state index in [1.165, 1.54) is 30.4 Å². The van der Waals surface area contributed by atoms with E-state index in [0.29, 0.717) is 0 Å². The maximum absolute atomic E-state index is 13.8. The van der Waals surface area contributed by atoms with Gasteiger partial charge in [-0.15, -0.1) is 21.5 Å². The Morgan fingerprint density at radius 3 is 2.51 bits per heavy atom. The quantitative estimate of drug-likeness (QED) is 0.255. The number of nitrogens with zero attached hydrogens (tertiary/aromatic N) is 2. The highest BCUT2D eigenvalue weighted by molar-refractivity contribution is 7.46. The van der Waals surface area contributed by atoms with Gasteiger partial charge in [0.2, 0.25) is 0 Å². The van der Waals surface area contributed by atoms with Crippen molar-refractivity contribution in [3.63, 3.8) is 0 Å². The lowest BCUT2D eigenvalue weighted by atomic mass is 10.1. The van der Waals surface area contributed by atoms with E-state index in [-0.39, 0.29) is 27.9 Å². The van der Waals surface area contributed by atoms with E-state index in [0.717, 1.165) is 32.4 Å². The predicted molar refractivity (Wildman–Crippen MR) is 126 cm³/mol. The largest absolute Gasteiger partial charge is 0.487 e. The Morgan fingerprint density at radius 1 is 1.09 bits per heavy atom. The first-order chi connectivity index (χ1) is 16.3. The van der Waals surface area contributed by atoms with Crippen LogP contribution >= 0.6 is 30.5 Å². The molecule has 0 aliphatic carbocycles. The zero-order chi connectivity index (χ0) is 25.4. The molecule has 2 aromatic carbocycles. The number of fused-ring (bicyclic) bond motifs is 1. The van der Waals surface area contributed by atoms with Crippen LogP contribution in [0.1, 0.15) is 22.4 Å². The molecule has 8 nitrogen and oxygen atoms in total. The molecule has 0 fully saturated rings. The fourth-order valence-corrected chi connectivity index (χ4v) is 5.42. The van der Waals surface area contributed by atoms with Gasteiger partial charge in [-0.2, -0.15) is 13.2 Å². The topological polar surface area (TPSA) is 128 Å². The molecular formula is C21H19F3N3O5PS2. The van der Waals surface area contributed by atoms with E-state index in [2.05, 4.69) is 14.7 Å². The SMILES string of the molecule is C[C@](N)(COP(=O)(O)O)c1nnc(-c2ccc(OCc3cc4ccccc4s3)c(C(F)(F)F)c2)s1. The minimum atomic E-state index is -4.76.